The monoisotopic (exact) mass is 266 g/mol. The molecule has 18 heavy (non-hydrogen) atoms. The largest absolute Gasteiger partial charge is 0.311 e. The minimum atomic E-state index is 0.0513. The second-order valence-electron chi connectivity index (χ2n) is 4.95. The lowest BCUT2D eigenvalue weighted by molar-refractivity contribution is -0.116. The van der Waals surface area contributed by atoms with Gasteiger partial charge in [0.1, 0.15) is 5.82 Å². The molecule has 2 rings (SSSR count). The lowest BCUT2D eigenvalue weighted by atomic mass is 9.86. The number of rotatable bonds is 4. The lowest BCUT2D eigenvalue weighted by Crippen LogP contribution is -2.15. The van der Waals surface area contributed by atoms with Gasteiger partial charge in [0.05, 0.1) is 5.02 Å². The Morgan fingerprint density at radius 2 is 2.11 bits per heavy atom. The van der Waals surface area contributed by atoms with Crippen LogP contribution in [0.1, 0.15) is 44.9 Å². The van der Waals surface area contributed by atoms with Crippen LogP contribution < -0.4 is 5.32 Å². The van der Waals surface area contributed by atoms with E-state index in [9.17, 15) is 4.79 Å². The van der Waals surface area contributed by atoms with E-state index in [2.05, 4.69) is 10.3 Å². The SMILES string of the molecule is O=C(CCC1CCCCC1)Nc1ccc(Cl)cn1. The van der Waals surface area contributed by atoms with E-state index in [-0.39, 0.29) is 5.91 Å². The molecule has 4 heteroatoms. The van der Waals surface area contributed by atoms with Crippen molar-refractivity contribution in [2.45, 2.75) is 44.9 Å². The van der Waals surface area contributed by atoms with E-state index in [1.807, 2.05) is 0 Å². The molecule has 0 aromatic carbocycles. The number of hydrogen-bond donors (Lipinski definition) is 1. The molecule has 1 fully saturated rings. The van der Waals surface area contributed by atoms with E-state index < -0.39 is 0 Å². The van der Waals surface area contributed by atoms with Gasteiger partial charge in [-0.2, -0.15) is 0 Å². The summed E-state index contributed by atoms with van der Waals surface area (Å²) in [6, 6.07) is 3.45. The van der Waals surface area contributed by atoms with E-state index >= 15 is 0 Å². The molecule has 1 aromatic rings. The summed E-state index contributed by atoms with van der Waals surface area (Å²) in [5.74, 6) is 1.37. The van der Waals surface area contributed by atoms with Crippen molar-refractivity contribution >= 4 is 23.3 Å². The maximum Gasteiger partial charge on any atom is 0.225 e. The topological polar surface area (TPSA) is 42.0 Å². The third-order valence-electron chi connectivity index (χ3n) is 3.50. The molecule has 0 unspecified atom stereocenters. The van der Waals surface area contributed by atoms with Crippen molar-refractivity contribution in [1.82, 2.24) is 4.98 Å². The molecule has 0 aliphatic heterocycles. The number of pyridine rings is 1. The summed E-state index contributed by atoms with van der Waals surface area (Å²) < 4.78 is 0. The smallest absolute Gasteiger partial charge is 0.225 e. The summed E-state index contributed by atoms with van der Waals surface area (Å²) in [5.41, 5.74) is 0. The van der Waals surface area contributed by atoms with E-state index in [0.29, 0.717) is 17.3 Å². The minimum Gasteiger partial charge on any atom is -0.311 e. The molecular formula is C14H19ClN2O. The number of carbonyl (C=O) groups is 1. The van der Waals surface area contributed by atoms with Crippen LogP contribution in [0, 0.1) is 5.92 Å². The van der Waals surface area contributed by atoms with Crippen LogP contribution in [0.3, 0.4) is 0 Å². The van der Waals surface area contributed by atoms with Crippen LogP contribution in [0.15, 0.2) is 18.3 Å². The number of hydrogen-bond acceptors (Lipinski definition) is 2. The summed E-state index contributed by atoms with van der Waals surface area (Å²) >= 11 is 5.74. The number of nitrogens with zero attached hydrogens (tertiary/aromatic N) is 1. The third kappa shape index (κ3) is 4.30. The molecule has 1 aromatic heterocycles. The molecule has 0 radical (unpaired) electrons. The maximum absolute atomic E-state index is 11.8. The average molecular weight is 267 g/mol. The Morgan fingerprint density at radius 1 is 1.33 bits per heavy atom. The highest BCUT2D eigenvalue weighted by atomic mass is 35.5. The van der Waals surface area contributed by atoms with Gasteiger partial charge in [0.25, 0.3) is 0 Å². The highest BCUT2D eigenvalue weighted by molar-refractivity contribution is 6.30. The average Bonchev–Trinajstić information content (AvgIpc) is 2.40. The Hall–Kier alpha value is -1.09. The first kappa shape index (κ1) is 13.3. The van der Waals surface area contributed by atoms with Crippen molar-refractivity contribution < 1.29 is 4.79 Å². The Morgan fingerprint density at radius 3 is 2.78 bits per heavy atom. The van der Waals surface area contributed by atoms with Crippen LogP contribution >= 0.6 is 11.6 Å². The zero-order valence-electron chi connectivity index (χ0n) is 10.5. The molecule has 98 valence electrons. The molecule has 1 N–H and O–H groups in total. The fourth-order valence-corrected chi connectivity index (χ4v) is 2.58. The van der Waals surface area contributed by atoms with Crippen molar-refractivity contribution in [2.24, 2.45) is 5.92 Å². The van der Waals surface area contributed by atoms with E-state index in [4.69, 9.17) is 11.6 Å². The predicted octanol–water partition coefficient (Wildman–Crippen LogP) is 4.03. The molecule has 0 atom stereocenters. The molecule has 0 bridgehead atoms. The zero-order valence-corrected chi connectivity index (χ0v) is 11.2. The molecule has 1 amide bonds. The molecule has 1 aliphatic rings. The number of carbonyl (C=O) groups excluding carboxylic acids is 1. The highest BCUT2D eigenvalue weighted by Crippen LogP contribution is 2.27. The van der Waals surface area contributed by atoms with Gasteiger partial charge in [-0.1, -0.05) is 43.7 Å². The highest BCUT2D eigenvalue weighted by Gasteiger charge is 2.14. The van der Waals surface area contributed by atoms with Crippen LogP contribution in [-0.4, -0.2) is 10.9 Å². The van der Waals surface area contributed by atoms with Gasteiger partial charge in [0.2, 0.25) is 5.91 Å². The van der Waals surface area contributed by atoms with Gasteiger partial charge >= 0.3 is 0 Å². The maximum atomic E-state index is 11.8. The van der Waals surface area contributed by atoms with Gasteiger partial charge in [0.15, 0.2) is 0 Å². The van der Waals surface area contributed by atoms with Crippen LogP contribution in [0.2, 0.25) is 5.02 Å². The first-order chi connectivity index (χ1) is 8.74. The van der Waals surface area contributed by atoms with Crippen LogP contribution in [0.5, 0.6) is 0 Å². The second kappa shape index (κ2) is 6.74. The van der Waals surface area contributed by atoms with E-state index in [1.54, 1.807) is 12.1 Å². The van der Waals surface area contributed by atoms with Crippen molar-refractivity contribution in [3.8, 4) is 0 Å². The lowest BCUT2D eigenvalue weighted by Gasteiger charge is -2.20. The first-order valence-electron chi connectivity index (χ1n) is 6.65. The van der Waals surface area contributed by atoms with Crippen LogP contribution in [0.25, 0.3) is 0 Å². The summed E-state index contributed by atoms with van der Waals surface area (Å²) in [6.45, 7) is 0. The Kier molecular flexibility index (Phi) is 5.00. The Bertz CT molecular complexity index is 385. The van der Waals surface area contributed by atoms with Gasteiger partial charge in [-0.25, -0.2) is 4.98 Å². The minimum absolute atomic E-state index is 0.0513. The van der Waals surface area contributed by atoms with Crippen molar-refractivity contribution in [2.75, 3.05) is 5.32 Å². The van der Waals surface area contributed by atoms with Gasteiger partial charge in [-0.15, -0.1) is 0 Å². The van der Waals surface area contributed by atoms with Gasteiger partial charge in [-0.3, -0.25) is 4.79 Å². The van der Waals surface area contributed by atoms with Gasteiger partial charge < -0.3 is 5.32 Å². The fourth-order valence-electron chi connectivity index (χ4n) is 2.47. The van der Waals surface area contributed by atoms with E-state index in [1.165, 1.54) is 38.3 Å². The summed E-state index contributed by atoms with van der Waals surface area (Å²) in [5, 5.41) is 3.38. The van der Waals surface area contributed by atoms with Crippen molar-refractivity contribution in [1.29, 1.82) is 0 Å². The fraction of sp³-hybridized carbons (Fsp3) is 0.571. The van der Waals surface area contributed by atoms with Gasteiger partial charge in [0, 0.05) is 12.6 Å². The molecular weight excluding hydrogens is 248 g/mol. The first-order valence-corrected chi connectivity index (χ1v) is 7.03. The zero-order chi connectivity index (χ0) is 12.8. The molecule has 1 aliphatic carbocycles. The normalized spacial score (nSPS) is 16.5. The number of halogens is 1. The molecule has 1 heterocycles. The second-order valence-corrected chi connectivity index (χ2v) is 5.39. The third-order valence-corrected chi connectivity index (χ3v) is 3.72. The Labute approximate surface area is 113 Å². The summed E-state index contributed by atoms with van der Waals surface area (Å²) in [7, 11) is 0. The molecule has 0 saturated heterocycles. The van der Waals surface area contributed by atoms with Crippen LogP contribution in [0.4, 0.5) is 5.82 Å². The summed E-state index contributed by atoms with van der Waals surface area (Å²) in [4.78, 5) is 15.8. The summed E-state index contributed by atoms with van der Waals surface area (Å²) in [6.07, 6.45) is 9.71. The number of amides is 1. The number of nitrogens with one attached hydrogen (secondary N) is 1. The quantitative estimate of drug-likeness (QED) is 0.894. The molecule has 1 saturated carbocycles. The molecule has 0 spiro atoms. The number of aromatic nitrogens is 1. The van der Waals surface area contributed by atoms with Gasteiger partial charge in [-0.05, 0) is 24.5 Å². The predicted molar refractivity (Wildman–Crippen MR) is 73.7 cm³/mol. The van der Waals surface area contributed by atoms with Crippen LogP contribution in [-0.2, 0) is 4.79 Å². The van der Waals surface area contributed by atoms with Crippen molar-refractivity contribution in [3.05, 3.63) is 23.4 Å². The molecule has 3 nitrogen and oxygen atoms in total. The standard InChI is InChI=1S/C14H19ClN2O/c15-12-7-8-13(16-10-12)17-14(18)9-6-11-4-2-1-3-5-11/h7-8,10-11H,1-6,9H2,(H,16,17,18). The van der Waals surface area contributed by atoms with E-state index in [0.717, 1.165) is 12.3 Å². The number of anilines is 1. The Balaban J connectivity index is 1.73. The van der Waals surface area contributed by atoms with Crippen molar-refractivity contribution in [3.63, 3.8) is 0 Å².